The van der Waals surface area contributed by atoms with Gasteiger partial charge in [-0.25, -0.2) is 4.39 Å². The molecular formula is C10H9F3O3. The van der Waals surface area contributed by atoms with Crippen molar-refractivity contribution in [2.75, 3.05) is 0 Å². The number of ether oxygens (including phenoxy) is 1. The lowest BCUT2D eigenvalue weighted by Gasteiger charge is -2.09. The van der Waals surface area contributed by atoms with Gasteiger partial charge in [-0.15, -0.1) is 0 Å². The Balaban J connectivity index is 3.01. The van der Waals surface area contributed by atoms with E-state index in [9.17, 15) is 18.0 Å². The summed E-state index contributed by atoms with van der Waals surface area (Å²) < 4.78 is 41.1. The topological polar surface area (TPSA) is 46.5 Å². The van der Waals surface area contributed by atoms with Crippen molar-refractivity contribution in [2.24, 2.45) is 0 Å². The molecule has 1 aromatic carbocycles. The maximum absolute atomic E-state index is 13.3. The van der Waals surface area contributed by atoms with Crippen molar-refractivity contribution in [2.45, 2.75) is 20.0 Å². The van der Waals surface area contributed by atoms with Crippen LogP contribution in [0.15, 0.2) is 12.1 Å². The van der Waals surface area contributed by atoms with E-state index in [4.69, 9.17) is 5.11 Å². The summed E-state index contributed by atoms with van der Waals surface area (Å²) >= 11 is 0. The molecule has 0 bridgehead atoms. The summed E-state index contributed by atoms with van der Waals surface area (Å²) in [7, 11) is 0. The molecule has 6 heteroatoms. The van der Waals surface area contributed by atoms with Crippen LogP contribution in [-0.4, -0.2) is 17.7 Å². The molecule has 0 radical (unpaired) electrons. The van der Waals surface area contributed by atoms with Crippen molar-refractivity contribution in [1.82, 2.24) is 0 Å². The van der Waals surface area contributed by atoms with Gasteiger partial charge in [0, 0.05) is 6.07 Å². The normalized spacial score (nSPS) is 10.6. The summed E-state index contributed by atoms with van der Waals surface area (Å²) in [6, 6.07) is 1.95. The van der Waals surface area contributed by atoms with Crippen LogP contribution in [0.2, 0.25) is 0 Å². The molecule has 0 aliphatic heterocycles. The summed E-state index contributed by atoms with van der Waals surface area (Å²) in [5.41, 5.74) is 0.199. The van der Waals surface area contributed by atoms with E-state index in [1.165, 1.54) is 13.0 Å². The van der Waals surface area contributed by atoms with E-state index in [0.717, 1.165) is 6.07 Å². The molecule has 0 atom stereocenters. The first kappa shape index (κ1) is 12.4. The quantitative estimate of drug-likeness (QED) is 0.869. The maximum Gasteiger partial charge on any atom is 0.387 e. The van der Waals surface area contributed by atoms with E-state index in [2.05, 4.69) is 4.74 Å². The highest BCUT2D eigenvalue weighted by atomic mass is 19.3. The van der Waals surface area contributed by atoms with E-state index in [1.54, 1.807) is 0 Å². The maximum atomic E-state index is 13.3. The first-order valence-corrected chi connectivity index (χ1v) is 4.35. The van der Waals surface area contributed by atoms with Gasteiger partial charge in [-0.05, 0) is 24.1 Å². The number of benzene rings is 1. The Hall–Kier alpha value is -1.72. The van der Waals surface area contributed by atoms with Gasteiger partial charge in [0.15, 0.2) is 0 Å². The molecule has 0 fully saturated rings. The van der Waals surface area contributed by atoms with Crippen LogP contribution < -0.4 is 4.74 Å². The molecule has 0 spiro atoms. The van der Waals surface area contributed by atoms with Crippen molar-refractivity contribution in [1.29, 1.82) is 0 Å². The first-order valence-electron chi connectivity index (χ1n) is 4.35. The van der Waals surface area contributed by atoms with Gasteiger partial charge in [0.25, 0.3) is 0 Å². The van der Waals surface area contributed by atoms with Gasteiger partial charge in [0.1, 0.15) is 11.6 Å². The molecule has 0 aliphatic rings. The number of carboxylic acid groups (broad SMARTS) is 1. The highest BCUT2D eigenvalue weighted by Crippen LogP contribution is 2.24. The van der Waals surface area contributed by atoms with E-state index < -0.39 is 24.8 Å². The minimum atomic E-state index is -3.04. The number of carboxylic acids is 1. The number of alkyl halides is 2. The van der Waals surface area contributed by atoms with Crippen LogP contribution in [-0.2, 0) is 11.2 Å². The zero-order valence-electron chi connectivity index (χ0n) is 8.34. The van der Waals surface area contributed by atoms with Crippen LogP contribution in [0.25, 0.3) is 0 Å². The number of aryl methyl sites for hydroxylation is 1. The fourth-order valence-electron chi connectivity index (χ4n) is 1.24. The van der Waals surface area contributed by atoms with Gasteiger partial charge < -0.3 is 9.84 Å². The van der Waals surface area contributed by atoms with Crippen LogP contribution in [0.3, 0.4) is 0 Å². The zero-order valence-corrected chi connectivity index (χ0v) is 8.34. The first-order chi connectivity index (χ1) is 7.40. The molecule has 0 saturated carbocycles. The standard InChI is InChI=1S/C10H9F3O3/c1-5-2-6(3-9(14)15)7(11)4-8(5)16-10(12)13/h2,4,10H,3H2,1H3,(H,14,15). The molecular weight excluding hydrogens is 225 g/mol. The van der Waals surface area contributed by atoms with Crippen LogP contribution in [0, 0.1) is 12.7 Å². The van der Waals surface area contributed by atoms with Gasteiger partial charge in [0.05, 0.1) is 6.42 Å². The van der Waals surface area contributed by atoms with Gasteiger partial charge in [-0.1, -0.05) is 0 Å². The molecule has 1 N–H and O–H groups in total. The zero-order chi connectivity index (χ0) is 12.3. The number of aliphatic carboxylic acids is 1. The predicted molar refractivity (Wildman–Crippen MR) is 49.1 cm³/mol. The molecule has 0 aromatic heterocycles. The Kier molecular flexibility index (Phi) is 3.76. The summed E-state index contributed by atoms with van der Waals surface area (Å²) in [4.78, 5) is 10.4. The molecule has 0 amide bonds. The lowest BCUT2D eigenvalue weighted by Crippen LogP contribution is -2.07. The number of rotatable bonds is 4. The van der Waals surface area contributed by atoms with Crippen LogP contribution in [0.1, 0.15) is 11.1 Å². The van der Waals surface area contributed by atoms with Crippen LogP contribution in [0.5, 0.6) is 5.75 Å². The molecule has 0 saturated heterocycles. The summed E-state index contributed by atoms with van der Waals surface area (Å²) in [5, 5.41) is 8.48. The Bertz CT molecular complexity index is 405. The molecule has 1 rings (SSSR count). The Morgan fingerprint density at radius 2 is 2.12 bits per heavy atom. The monoisotopic (exact) mass is 234 g/mol. The largest absolute Gasteiger partial charge is 0.481 e. The van der Waals surface area contributed by atoms with Crippen LogP contribution >= 0.6 is 0 Å². The fraction of sp³-hybridized carbons (Fsp3) is 0.300. The molecule has 0 unspecified atom stereocenters. The highest BCUT2D eigenvalue weighted by molar-refractivity contribution is 5.70. The van der Waals surface area contributed by atoms with Crippen molar-refractivity contribution < 1.29 is 27.8 Å². The third-order valence-corrected chi connectivity index (χ3v) is 1.90. The van der Waals surface area contributed by atoms with Crippen molar-refractivity contribution in [3.8, 4) is 5.75 Å². The van der Waals surface area contributed by atoms with Gasteiger partial charge >= 0.3 is 12.6 Å². The fourth-order valence-corrected chi connectivity index (χ4v) is 1.24. The average molecular weight is 234 g/mol. The number of halogens is 3. The summed E-state index contributed by atoms with van der Waals surface area (Å²) in [6.45, 7) is -1.61. The highest BCUT2D eigenvalue weighted by Gasteiger charge is 2.13. The molecule has 16 heavy (non-hydrogen) atoms. The minimum absolute atomic E-state index is 0.0633. The Labute approximate surface area is 89.5 Å². The molecule has 3 nitrogen and oxygen atoms in total. The van der Waals surface area contributed by atoms with E-state index in [-0.39, 0.29) is 16.9 Å². The lowest BCUT2D eigenvalue weighted by atomic mass is 10.1. The minimum Gasteiger partial charge on any atom is -0.481 e. The predicted octanol–water partition coefficient (Wildman–Crippen LogP) is 2.36. The molecule has 88 valence electrons. The van der Waals surface area contributed by atoms with Crippen LogP contribution in [0.4, 0.5) is 13.2 Å². The smallest absolute Gasteiger partial charge is 0.387 e. The Morgan fingerprint density at radius 3 is 2.62 bits per heavy atom. The second-order valence-electron chi connectivity index (χ2n) is 3.16. The van der Waals surface area contributed by atoms with Crippen molar-refractivity contribution in [3.63, 3.8) is 0 Å². The van der Waals surface area contributed by atoms with Gasteiger partial charge in [0.2, 0.25) is 0 Å². The second-order valence-corrected chi connectivity index (χ2v) is 3.16. The van der Waals surface area contributed by atoms with Crippen molar-refractivity contribution in [3.05, 3.63) is 29.1 Å². The molecule has 0 heterocycles. The van der Waals surface area contributed by atoms with E-state index in [1.807, 2.05) is 0 Å². The molecule has 1 aromatic rings. The number of hydrogen-bond acceptors (Lipinski definition) is 2. The average Bonchev–Trinajstić information content (AvgIpc) is 2.11. The lowest BCUT2D eigenvalue weighted by molar-refractivity contribution is -0.136. The number of hydrogen-bond donors (Lipinski definition) is 1. The third-order valence-electron chi connectivity index (χ3n) is 1.90. The van der Waals surface area contributed by atoms with E-state index >= 15 is 0 Å². The summed E-state index contributed by atoms with van der Waals surface area (Å²) in [6.07, 6.45) is -0.498. The third kappa shape index (κ3) is 3.15. The Morgan fingerprint density at radius 1 is 1.50 bits per heavy atom. The number of carbonyl (C=O) groups is 1. The summed E-state index contributed by atoms with van der Waals surface area (Å²) in [5.74, 6) is -2.36. The van der Waals surface area contributed by atoms with Crippen molar-refractivity contribution >= 4 is 5.97 Å². The second kappa shape index (κ2) is 4.87. The van der Waals surface area contributed by atoms with E-state index in [0.29, 0.717) is 0 Å². The van der Waals surface area contributed by atoms with Gasteiger partial charge in [-0.2, -0.15) is 8.78 Å². The molecule has 0 aliphatic carbocycles. The van der Waals surface area contributed by atoms with Gasteiger partial charge in [-0.3, -0.25) is 4.79 Å². The SMILES string of the molecule is Cc1cc(CC(=O)O)c(F)cc1OC(F)F.